The van der Waals surface area contributed by atoms with Crippen molar-refractivity contribution in [3.63, 3.8) is 0 Å². The summed E-state index contributed by atoms with van der Waals surface area (Å²) in [6.07, 6.45) is 1.16. The summed E-state index contributed by atoms with van der Waals surface area (Å²) >= 11 is 0. The van der Waals surface area contributed by atoms with Gasteiger partial charge in [0, 0.05) is 19.6 Å². The highest BCUT2D eigenvalue weighted by atomic mass is 16.5. The number of aryl methyl sites for hydroxylation is 2. The van der Waals surface area contributed by atoms with Gasteiger partial charge in [-0.25, -0.2) is 0 Å². The molecule has 0 aliphatic carbocycles. The van der Waals surface area contributed by atoms with Gasteiger partial charge in [0.25, 0.3) is 0 Å². The molecule has 0 aromatic heterocycles. The average molecular weight is 383 g/mol. The second-order valence-corrected chi connectivity index (χ2v) is 7.54. The molecule has 4 nitrogen and oxygen atoms in total. The van der Waals surface area contributed by atoms with E-state index >= 15 is 0 Å². The molecule has 0 bridgehead atoms. The lowest BCUT2D eigenvalue weighted by atomic mass is 9.93. The Hall–Kier alpha value is -2.04. The molecule has 152 valence electrons. The molecular formula is C24H34N2O2. The zero-order valence-electron chi connectivity index (χ0n) is 17.8. The summed E-state index contributed by atoms with van der Waals surface area (Å²) in [7, 11) is 0. The van der Waals surface area contributed by atoms with Gasteiger partial charge in [-0.15, -0.1) is 0 Å². The van der Waals surface area contributed by atoms with E-state index < -0.39 is 0 Å². The maximum Gasteiger partial charge on any atom is 0.161 e. The maximum absolute atomic E-state index is 5.92. The summed E-state index contributed by atoms with van der Waals surface area (Å²) < 4.78 is 11.7. The van der Waals surface area contributed by atoms with Gasteiger partial charge in [-0.05, 0) is 63.9 Å². The highest BCUT2D eigenvalue weighted by molar-refractivity contribution is 5.47. The van der Waals surface area contributed by atoms with E-state index in [9.17, 15) is 0 Å². The lowest BCUT2D eigenvalue weighted by molar-refractivity contribution is 0.239. The van der Waals surface area contributed by atoms with Crippen LogP contribution >= 0.6 is 0 Å². The van der Waals surface area contributed by atoms with E-state index in [0.29, 0.717) is 13.2 Å². The molecule has 0 amide bonds. The first-order valence-corrected chi connectivity index (χ1v) is 10.5. The normalized spacial score (nSPS) is 16.4. The molecule has 0 radical (unpaired) electrons. The van der Waals surface area contributed by atoms with E-state index in [2.05, 4.69) is 60.5 Å². The SMILES string of the molecule is CCOc1ccc(C(c2cc(C)cc(C)c2)N2CCCNCC2)cc1OCC. The largest absolute Gasteiger partial charge is 0.490 e. The number of hydrogen-bond donors (Lipinski definition) is 1. The summed E-state index contributed by atoms with van der Waals surface area (Å²) in [6.45, 7) is 13.9. The molecule has 4 heteroatoms. The van der Waals surface area contributed by atoms with Gasteiger partial charge in [0.15, 0.2) is 11.5 Å². The lowest BCUT2D eigenvalue weighted by Crippen LogP contribution is -2.33. The van der Waals surface area contributed by atoms with E-state index in [1.807, 2.05) is 13.8 Å². The Labute approximate surface area is 169 Å². The monoisotopic (exact) mass is 382 g/mol. The summed E-state index contributed by atoms with van der Waals surface area (Å²) in [5.41, 5.74) is 5.23. The predicted molar refractivity (Wildman–Crippen MR) is 116 cm³/mol. The Morgan fingerprint density at radius 3 is 2.29 bits per heavy atom. The summed E-state index contributed by atoms with van der Waals surface area (Å²) in [6, 6.07) is 13.6. The quantitative estimate of drug-likeness (QED) is 0.765. The summed E-state index contributed by atoms with van der Waals surface area (Å²) in [4.78, 5) is 2.60. The predicted octanol–water partition coefficient (Wildman–Crippen LogP) is 4.49. The van der Waals surface area contributed by atoms with Crippen LogP contribution in [0.5, 0.6) is 11.5 Å². The van der Waals surface area contributed by atoms with Crippen LogP contribution < -0.4 is 14.8 Å². The van der Waals surface area contributed by atoms with Crippen molar-refractivity contribution in [2.24, 2.45) is 0 Å². The molecule has 1 fully saturated rings. The van der Waals surface area contributed by atoms with Crippen LogP contribution in [-0.2, 0) is 0 Å². The van der Waals surface area contributed by atoms with Gasteiger partial charge >= 0.3 is 0 Å². The number of benzene rings is 2. The maximum atomic E-state index is 5.92. The van der Waals surface area contributed by atoms with Gasteiger partial charge in [0.2, 0.25) is 0 Å². The first-order valence-electron chi connectivity index (χ1n) is 10.5. The molecule has 0 spiro atoms. The van der Waals surface area contributed by atoms with Crippen molar-refractivity contribution >= 4 is 0 Å². The van der Waals surface area contributed by atoms with Crippen LogP contribution in [0.15, 0.2) is 36.4 Å². The first-order chi connectivity index (χ1) is 13.6. The number of nitrogens with zero attached hydrogens (tertiary/aromatic N) is 1. The van der Waals surface area contributed by atoms with E-state index in [1.54, 1.807) is 0 Å². The molecular weight excluding hydrogens is 348 g/mol. The van der Waals surface area contributed by atoms with Crippen LogP contribution in [0.1, 0.15) is 48.6 Å². The Balaban J connectivity index is 2.06. The zero-order valence-corrected chi connectivity index (χ0v) is 17.8. The van der Waals surface area contributed by atoms with Crippen molar-refractivity contribution in [2.45, 2.75) is 40.2 Å². The summed E-state index contributed by atoms with van der Waals surface area (Å²) in [5.74, 6) is 1.66. The highest BCUT2D eigenvalue weighted by Crippen LogP contribution is 2.36. The second kappa shape index (κ2) is 9.94. The third kappa shape index (κ3) is 5.06. The van der Waals surface area contributed by atoms with Crippen LogP contribution in [0.25, 0.3) is 0 Å². The molecule has 1 unspecified atom stereocenters. The van der Waals surface area contributed by atoms with E-state index in [1.165, 1.54) is 22.3 Å². The molecule has 1 aliphatic heterocycles. The third-order valence-corrected chi connectivity index (χ3v) is 5.18. The molecule has 1 aliphatic rings. The number of ether oxygens (including phenoxy) is 2. The number of rotatable bonds is 7. The Bertz CT molecular complexity index is 747. The van der Waals surface area contributed by atoms with Crippen LogP contribution in [0, 0.1) is 13.8 Å². The third-order valence-electron chi connectivity index (χ3n) is 5.18. The van der Waals surface area contributed by atoms with Crippen molar-refractivity contribution in [1.82, 2.24) is 10.2 Å². The van der Waals surface area contributed by atoms with Gasteiger partial charge in [-0.1, -0.05) is 35.4 Å². The number of hydrogen-bond acceptors (Lipinski definition) is 4. The van der Waals surface area contributed by atoms with Crippen molar-refractivity contribution in [3.8, 4) is 11.5 Å². The molecule has 28 heavy (non-hydrogen) atoms. The minimum Gasteiger partial charge on any atom is -0.490 e. The fraction of sp³-hybridized carbons (Fsp3) is 0.500. The van der Waals surface area contributed by atoms with Gasteiger partial charge < -0.3 is 14.8 Å². The standard InChI is InChI=1S/C24H34N2O2/c1-5-27-22-9-8-20(17-23(22)28-6-2)24(26-12-7-10-25-11-13-26)21-15-18(3)14-19(4)16-21/h8-9,14-17,24-25H,5-7,10-13H2,1-4H3. The number of nitrogens with one attached hydrogen (secondary N) is 1. The first kappa shape index (κ1) is 20.7. The van der Waals surface area contributed by atoms with Crippen molar-refractivity contribution in [3.05, 3.63) is 58.7 Å². The smallest absolute Gasteiger partial charge is 0.161 e. The molecule has 3 rings (SSSR count). The molecule has 1 saturated heterocycles. The molecule has 1 heterocycles. The van der Waals surface area contributed by atoms with E-state index in [4.69, 9.17) is 9.47 Å². The van der Waals surface area contributed by atoms with Crippen molar-refractivity contribution < 1.29 is 9.47 Å². The fourth-order valence-corrected chi connectivity index (χ4v) is 4.14. The second-order valence-electron chi connectivity index (χ2n) is 7.54. The zero-order chi connectivity index (χ0) is 19.9. The molecule has 2 aromatic rings. The van der Waals surface area contributed by atoms with Crippen LogP contribution in [0.3, 0.4) is 0 Å². The Morgan fingerprint density at radius 2 is 1.57 bits per heavy atom. The summed E-state index contributed by atoms with van der Waals surface area (Å²) in [5, 5.41) is 3.53. The van der Waals surface area contributed by atoms with Gasteiger partial charge in [-0.3, -0.25) is 4.90 Å². The van der Waals surface area contributed by atoms with Crippen molar-refractivity contribution in [2.75, 3.05) is 39.4 Å². The molecule has 2 aromatic carbocycles. The van der Waals surface area contributed by atoms with Gasteiger partial charge in [0.05, 0.1) is 19.3 Å². The lowest BCUT2D eigenvalue weighted by Gasteiger charge is -2.32. The van der Waals surface area contributed by atoms with Gasteiger partial charge in [-0.2, -0.15) is 0 Å². The van der Waals surface area contributed by atoms with Crippen LogP contribution in [-0.4, -0.2) is 44.3 Å². The Morgan fingerprint density at radius 1 is 0.857 bits per heavy atom. The van der Waals surface area contributed by atoms with Crippen molar-refractivity contribution in [1.29, 1.82) is 0 Å². The molecule has 1 atom stereocenters. The van der Waals surface area contributed by atoms with Crippen LogP contribution in [0.2, 0.25) is 0 Å². The molecule has 1 N–H and O–H groups in total. The molecule has 0 saturated carbocycles. The van der Waals surface area contributed by atoms with Crippen LogP contribution in [0.4, 0.5) is 0 Å². The van der Waals surface area contributed by atoms with E-state index in [-0.39, 0.29) is 6.04 Å². The average Bonchev–Trinajstić information content (AvgIpc) is 2.93. The minimum absolute atomic E-state index is 0.216. The Kier molecular flexibility index (Phi) is 7.35. The minimum atomic E-state index is 0.216. The topological polar surface area (TPSA) is 33.7 Å². The highest BCUT2D eigenvalue weighted by Gasteiger charge is 2.25. The fourth-order valence-electron chi connectivity index (χ4n) is 4.14. The van der Waals surface area contributed by atoms with E-state index in [0.717, 1.165) is 44.1 Å². The van der Waals surface area contributed by atoms with Gasteiger partial charge in [0.1, 0.15) is 0 Å².